The summed E-state index contributed by atoms with van der Waals surface area (Å²) in [5.74, 6) is -1.30. The van der Waals surface area contributed by atoms with E-state index in [9.17, 15) is 18.0 Å². The summed E-state index contributed by atoms with van der Waals surface area (Å²) in [4.78, 5) is 11.4. The standard InChI is InChI=1S/C10H10BrF3N2O/c1-9(15,10(12,13)14)8(17)16-7-4-2-3-6(11)5-7/h2-5H,15H2,1H3,(H,16,17). The SMILES string of the molecule is CC(N)(C(=O)Nc1cccc(Br)c1)C(F)(F)F. The van der Waals surface area contributed by atoms with Gasteiger partial charge in [0.25, 0.3) is 5.91 Å². The molecule has 0 spiro atoms. The van der Waals surface area contributed by atoms with Crippen LogP contribution in [0, 0.1) is 0 Å². The summed E-state index contributed by atoms with van der Waals surface area (Å²) < 4.78 is 38.1. The Labute approximate surface area is 104 Å². The molecule has 94 valence electrons. The minimum Gasteiger partial charge on any atom is -0.324 e. The van der Waals surface area contributed by atoms with Crippen LogP contribution < -0.4 is 11.1 Å². The van der Waals surface area contributed by atoms with Crippen molar-refractivity contribution in [2.45, 2.75) is 18.6 Å². The van der Waals surface area contributed by atoms with Crippen LogP contribution in [-0.4, -0.2) is 17.6 Å². The lowest BCUT2D eigenvalue weighted by molar-refractivity contribution is -0.184. The van der Waals surface area contributed by atoms with Gasteiger partial charge in [-0.15, -0.1) is 0 Å². The second-order valence-corrected chi connectivity index (χ2v) is 4.58. The highest BCUT2D eigenvalue weighted by Crippen LogP contribution is 2.29. The average molecular weight is 311 g/mol. The number of hydrogen-bond acceptors (Lipinski definition) is 2. The second kappa shape index (κ2) is 4.66. The molecular formula is C10H10BrF3N2O. The van der Waals surface area contributed by atoms with E-state index in [2.05, 4.69) is 21.2 Å². The van der Waals surface area contributed by atoms with E-state index in [0.717, 1.165) is 0 Å². The number of rotatable bonds is 2. The molecular weight excluding hydrogens is 301 g/mol. The summed E-state index contributed by atoms with van der Waals surface area (Å²) in [6, 6.07) is 6.21. The summed E-state index contributed by atoms with van der Waals surface area (Å²) in [5, 5.41) is 2.12. The highest BCUT2D eigenvalue weighted by atomic mass is 79.9. The smallest absolute Gasteiger partial charge is 0.324 e. The van der Waals surface area contributed by atoms with Crippen LogP contribution in [0.4, 0.5) is 18.9 Å². The van der Waals surface area contributed by atoms with Gasteiger partial charge in [-0.2, -0.15) is 13.2 Å². The van der Waals surface area contributed by atoms with E-state index in [-0.39, 0.29) is 5.69 Å². The zero-order chi connectivity index (χ0) is 13.3. The van der Waals surface area contributed by atoms with Gasteiger partial charge >= 0.3 is 6.18 Å². The van der Waals surface area contributed by atoms with Gasteiger partial charge in [0.15, 0.2) is 5.54 Å². The number of amides is 1. The van der Waals surface area contributed by atoms with E-state index >= 15 is 0 Å². The third-order valence-electron chi connectivity index (χ3n) is 2.14. The molecule has 0 aromatic heterocycles. The molecule has 17 heavy (non-hydrogen) atoms. The van der Waals surface area contributed by atoms with Gasteiger partial charge in [-0.25, -0.2) is 0 Å². The topological polar surface area (TPSA) is 55.1 Å². The van der Waals surface area contributed by atoms with Crippen LogP contribution in [0.2, 0.25) is 0 Å². The molecule has 1 unspecified atom stereocenters. The lowest BCUT2D eigenvalue weighted by atomic mass is 10.0. The number of halogens is 4. The Kier molecular flexibility index (Phi) is 3.83. The van der Waals surface area contributed by atoms with E-state index in [1.807, 2.05) is 0 Å². The molecule has 0 heterocycles. The molecule has 0 saturated carbocycles. The van der Waals surface area contributed by atoms with Crippen LogP contribution >= 0.6 is 15.9 Å². The molecule has 0 aliphatic rings. The quantitative estimate of drug-likeness (QED) is 0.882. The van der Waals surface area contributed by atoms with Crippen molar-refractivity contribution in [1.82, 2.24) is 0 Å². The molecule has 0 aliphatic heterocycles. The van der Waals surface area contributed by atoms with Crippen molar-refractivity contribution in [2.24, 2.45) is 5.73 Å². The summed E-state index contributed by atoms with van der Waals surface area (Å²) in [7, 11) is 0. The van der Waals surface area contributed by atoms with E-state index < -0.39 is 17.6 Å². The molecule has 1 aromatic carbocycles. The molecule has 1 atom stereocenters. The predicted molar refractivity (Wildman–Crippen MR) is 61.4 cm³/mol. The number of nitrogens with two attached hydrogens (primary N) is 1. The summed E-state index contributed by atoms with van der Waals surface area (Å²) in [6.45, 7) is 0.625. The van der Waals surface area contributed by atoms with Crippen LogP contribution in [0.5, 0.6) is 0 Å². The molecule has 0 saturated heterocycles. The van der Waals surface area contributed by atoms with Gasteiger partial charge in [0.1, 0.15) is 0 Å². The molecule has 3 N–H and O–H groups in total. The molecule has 1 aromatic rings. The maximum Gasteiger partial charge on any atom is 0.415 e. The van der Waals surface area contributed by atoms with Crippen LogP contribution in [0.15, 0.2) is 28.7 Å². The maximum atomic E-state index is 12.5. The third kappa shape index (κ3) is 3.19. The largest absolute Gasteiger partial charge is 0.415 e. The van der Waals surface area contributed by atoms with Crippen molar-refractivity contribution in [3.63, 3.8) is 0 Å². The minimum absolute atomic E-state index is 0.241. The molecule has 3 nitrogen and oxygen atoms in total. The monoisotopic (exact) mass is 310 g/mol. The number of hydrogen-bond donors (Lipinski definition) is 2. The van der Waals surface area contributed by atoms with Gasteiger partial charge in [-0.1, -0.05) is 22.0 Å². The van der Waals surface area contributed by atoms with Crippen LogP contribution in [0.25, 0.3) is 0 Å². The Morgan fingerprint density at radius 3 is 2.47 bits per heavy atom. The first-order chi connectivity index (χ1) is 7.64. The first kappa shape index (κ1) is 14.0. The Morgan fingerprint density at radius 2 is 2.00 bits per heavy atom. The highest BCUT2D eigenvalue weighted by molar-refractivity contribution is 9.10. The summed E-state index contributed by atoms with van der Waals surface area (Å²) in [5.41, 5.74) is 2.29. The zero-order valence-electron chi connectivity index (χ0n) is 8.81. The van der Waals surface area contributed by atoms with Crippen molar-refractivity contribution in [1.29, 1.82) is 0 Å². The molecule has 1 amide bonds. The van der Waals surface area contributed by atoms with E-state index in [1.165, 1.54) is 12.1 Å². The van der Waals surface area contributed by atoms with E-state index in [1.54, 1.807) is 12.1 Å². The summed E-state index contributed by atoms with van der Waals surface area (Å²) in [6.07, 6.45) is -4.80. The number of benzene rings is 1. The van der Waals surface area contributed by atoms with Crippen molar-refractivity contribution >= 4 is 27.5 Å². The lowest BCUT2D eigenvalue weighted by Crippen LogP contribution is -2.59. The zero-order valence-corrected chi connectivity index (χ0v) is 10.4. The van der Waals surface area contributed by atoms with Crippen molar-refractivity contribution in [3.8, 4) is 0 Å². The van der Waals surface area contributed by atoms with Gasteiger partial charge in [-0.3, -0.25) is 4.79 Å². The molecule has 0 fully saturated rings. The first-order valence-electron chi connectivity index (χ1n) is 4.57. The molecule has 7 heteroatoms. The van der Waals surface area contributed by atoms with Crippen molar-refractivity contribution in [2.75, 3.05) is 5.32 Å². The highest BCUT2D eigenvalue weighted by Gasteiger charge is 2.53. The molecule has 0 bridgehead atoms. The van der Waals surface area contributed by atoms with Gasteiger partial charge in [0.2, 0.25) is 0 Å². The number of anilines is 1. The fourth-order valence-corrected chi connectivity index (χ4v) is 1.36. The Morgan fingerprint density at radius 1 is 1.41 bits per heavy atom. The van der Waals surface area contributed by atoms with Crippen LogP contribution in [-0.2, 0) is 4.79 Å². The average Bonchev–Trinajstić information content (AvgIpc) is 2.15. The number of carbonyl (C=O) groups excluding carboxylic acids is 1. The molecule has 1 rings (SSSR count). The van der Waals surface area contributed by atoms with Crippen molar-refractivity contribution < 1.29 is 18.0 Å². The van der Waals surface area contributed by atoms with Gasteiger partial charge in [0, 0.05) is 10.2 Å². The Balaban J connectivity index is 2.87. The minimum atomic E-state index is -4.80. The predicted octanol–water partition coefficient (Wildman–Crippen LogP) is 2.67. The van der Waals surface area contributed by atoms with Crippen molar-refractivity contribution in [3.05, 3.63) is 28.7 Å². The fourth-order valence-electron chi connectivity index (χ4n) is 0.956. The van der Waals surface area contributed by atoms with E-state index in [0.29, 0.717) is 11.4 Å². The lowest BCUT2D eigenvalue weighted by Gasteiger charge is -2.26. The van der Waals surface area contributed by atoms with E-state index in [4.69, 9.17) is 5.73 Å². The van der Waals surface area contributed by atoms with Crippen LogP contribution in [0.3, 0.4) is 0 Å². The third-order valence-corrected chi connectivity index (χ3v) is 2.64. The Hall–Kier alpha value is -1.08. The maximum absolute atomic E-state index is 12.5. The molecule has 0 radical (unpaired) electrons. The van der Waals surface area contributed by atoms with Gasteiger partial charge in [0.05, 0.1) is 0 Å². The van der Waals surface area contributed by atoms with Gasteiger partial charge in [-0.05, 0) is 25.1 Å². The summed E-state index contributed by atoms with van der Waals surface area (Å²) >= 11 is 3.14. The van der Waals surface area contributed by atoms with Crippen LogP contribution in [0.1, 0.15) is 6.92 Å². The number of nitrogens with one attached hydrogen (secondary N) is 1. The van der Waals surface area contributed by atoms with Gasteiger partial charge < -0.3 is 11.1 Å². The first-order valence-corrected chi connectivity index (χ1v) is 5.36. The second-order valence-electron chi connectivity index (χ2n) is 3.66. The molecule has 0 aliphatic carbocycles. The Bertz CT molecular complexity index is 432. The number of alkyl halides is 3. The fraction of sp³-hybridized carbons (Fsp3) is 0.300. The number of carbonyl (C=O) groups is 1. The normalized spacial score (nSPS) is 15.2.